The number of hydrogen-bond donors (Lipinski definition) is 1. The normalized spacial score (nSPS) is 20.6. The highest BCUT2D eigenvalue weighted by Gasteiger charge is 2.43. The molecular formula is C15H21FN2O2. The van der Waals surface area contributed by atoms with Crippen molar-refractivity contribution in [3.05, 3.63) is 29.6 Å². The van der Waals surface area contributed by atoms with E-state index >= 15 is 0 Å². The SMILES string of the molecule is CCO[C@@H]1C[C@@H]1C(=O)NCc1ccc(N(C)C)c(F)c1. The Balaban J connectivity index is 1.85. The van der Waals surface area contributed by atoms with Crippen LogP contribution in [0.3, 0.4) is 0 Å². The van der Waals surface area contributed by atoms with Gasteiger partial charge in [-0.2, -0.15) is 0 Å². The molecule has 1 aromatic carbocycles. The fourth-order valence-corrected chi connectivity index (χ4v) is 2.19. The fourth-order valence-electron chi connectivity index (χ4n) is 2.19. The second kappa shape index (κ2) is 6.22. The monoisotopic (exact) mass is 280 g/mol. The fraction of sp³-hybridized carbons (Fsp3) is 0.533. The number of hydrogen-bond acceptors (Lipinski definition) is 3. The van der Waals surface area contributed by atoms with Crippen molar-refractivity contribution < 1.29 is 13.9 Å². The Morgan fingerprint density at radius 3 is 2.85 bits per heavy atom. The van der Waals surface area contributed by atoms with E-state index in [0.29, 0.717) is 18.8 Å². The minimum absolute atomic E-state index is 0.0134. The van der Waals surface area contributed by atoms with Gasteiger partial charge in [0.15, 0.2) is 0 Å². The van der Waals surface area contributed by atoms with Gasteiger partial charge < -0.3 is 15.0 Å². The van der Waals surface area contributed by atoms with E-state index in [1.54, 1.807) is 25.1 Å². The number of carbonyl (C=O) groups excluding carboxylic acids is 1. The maximum atomic E-state index is 13.8. The zero-order valence-electron chi connectivity index (χ0n) is 12.1. The van der Waals surface area contributed by atoms with Crippen LogP contribution in [-0.2, 0) is 16.1 Å². The third-order valence-corrected chi connectivity index (χ3v) is 3.41. The minimum atomic E-state index is -0.277. The van der Waals surface area contributed by atoms with Crippen molar-refractivity contribution in [3.8, 4) is 0 Å². The molecule has 20 heavy (non-hydrogen) atoms. The lowest BCUT2D eigenvalue weighted by Crippen LogP contribution is -2.26. The van der Waals surface area contributed by atoms with Crippen molar-refractivity contribution >= 4 is 11.6 Å². The van der Waals surface area contributed by atoms with Crippen LogP contribution in [0.5, 0.6) is 0 Å². The van der Waals surface area contributed by atoms with Gasteiger partial charge in [-0.15, -0.1) is 0 Å². The quantitative estimate of drug-likeness (QED) is 0.866. The molecule has 1 saturated carbocycles. The van der Waals surface area contributed by atoms with Crippen LogP contribution in [0.1, 0.15) is 18.9 Å². The Bertz CT molecular complexity index is 491. The predicted octanol–water partition coefficient (Wildman–Crippen LogP) is 1.93. The average Bonchev–Trinajstić information content (AvgIpc) is 3.15. The summed E-state index contributed by atoms with van der Waals surface area (Å²) in [6, 6.07) is 5.01. The number of rotatable bonds is 6. The number of nitrogens with one attached hydrogen (secondary N) is 1. The molecule has 1 amide bonds. The van der Waals surface area contributed by atoms with Crippen molar-refractivity contribution in [2.75, 3.05) is 25.6 Å². The minimum Gasteiger partial charge on any atom is -0.378 e. The van der Waals surface area contributed by atoms with E-state index in [-0.39, 0.29) is 23.7 Å². The second-order valence-electron chi connectivity index (χ2n) is 5.23. The summed E-state index contributed by atoms with van der Waals surface area (Å²) < 4.78 is 19.2. The Morgan fingerprint density at radius 1 is 1.50 bits per heavy atom. The molecule has 0 heterocycles. The molecule has 1 N–H and O–H groups in total. The molecule has 1 fully saturated rings. The molecule has 0 radical (unpaired) electrons. The summed E-state index contributed by atoms with van der Waals surface area (Å²) in [4.78, 5) is 13.5. The number of benzene rings is 1. The van der Waals surface area contributed by atoms with Crippen molar-refractivity contribution in [3.63, 3.8) is 0 Å². The lowest BCUT2D eigenvalue weighted by Gasteiger charge is -2.14. The number of nitrogens with zero attached hydrogens (tertiary/aromatic N) is 1. The van der Waals surface area contributed by atoms with E-state index in [9.17, 15) is 9.18 Å². The average molecular weight is 280 g/mol. The van der Waals surface area contributed by atoms with Gasteiger partial charge in [0.1, 0.15) is 5.82 Å². The molecule has 0 unspecified atom stereocenters. The number of halogens is 1. The summed E-state index contributed by atoms with van der Waals surface area (Å²) in [5.41, 5.74) is 1.30. The molecule has 2 atom stereocenters. The summed E-state index contributed by atoms with van der Waals surface area (Å²) in [7, 11) is 3.58. The third-order valence-electron chi connectivity index (χ3n) is 3.41. The maximum absolute atomic E-state index is 13.8. The standard InChI is InChI=1S/C15H21FN2O2/c1-4-20-14-8-11(14)15(19)17-9-10-5-6-13(18(2)3)12(16)7-10/h5-7,11,14H,4,8-9H2,1-3H3,(H,17,19)/t11-,14+/m0/s1. The van der Waals surface area contributed by atoms with Gasteiger partial charge in [0.25, 0.3) is 0 Å². The molecule has 0 aromatic heterocycles. The molecule has 0 saturated heterocycles. The molecule has 0 spiro atoms. The van der Waals surface area contributed by atoms with E-state index in [1.807, 2.05) is 13.0 Å². The van der Waals surface area contributed by atoms with Crippen molar-refractivity contribution in [2.24, 2.45) is 5.92 Å². The van der Waals surface area contributed by atoms with Gasteiger partial charge in [0.05, 0.1) is 17.7 Å². The zero-order chi connectivity index (χ0) is 14.7. The summed E-state index contributed by atoms with van der Waals surface area (Å²) >= 11 is 0. The summed E-state index contributed by atoms with van der Waals surface area (Å²) in [5, 5.41) is 2.83. The highest BCUT2D eigenvalue weighted by atomic mass is 19.1. The number of anilines is 1. The molecule has 1 aliphatic rings. The molecule has 1 aliphatic carbocycles. The third kappa shape index (κ3) is 3.48. The number of amides is 1. The molecule has 5 heteroatoms. The molecule has 0 aliphatic heterocycles. The van der Waals surface area contributed by atoms with Crippen LogP contribution in [0, 0.1) is 11.7 Å². The molecule has 0 bridgehead atoms. The van der Waals surface area contributed by atoms with Crippen LogP contribution >= 0.6 is 0 Å². The Morgan fingerprint density at radius 2 is 2.25 bits per heavy atom. The van der Waals surface area contributed by atoms with Crippen LogP contribution < -0.4 is 10.2 Å². The lowest BCUT2D eigenvalue weighted by molar-refractivity contribution is -0.123. The van der Waals surface area contributed by atoms with Crippen molar-refractivity contribution in [1.82, 2.24) is 5.32 Å². The van der Waals surface area contributed by atoms with E-state index in [1.165, 1.54) is 6.07 Å². The summed E-state index contributed by atoms with van der Waals surface area (Å²) in [5.74, 6) is -0.332. The first kappa shape index (κ1) is 14.8. The molecule has 2 rings (SSSR count). The maximum Gasteiger partial charge on any atom is 0.226 e. The molecule has 110 valence electrons. The Kier molecular flexibility index (Phi) is 4.60. The van der Waals surface area contributed by atoms with Crippen LogP contribution in [0.4, 0.5) is 10.1 Å². The van der Waals surface area contributed by atoms with Crippen molar-refractivity contribution in [2.45, 2.75) is 26.0 Å². The first-order chi connectivity index (χ1) is 9.52. The number of ether oxygens (including phenoxy) is 1. The van der Waals surface area contributed by atoms with E-state index in [2.05, 4.69) is 5.32 Å². The van der Waals surface area contributed by atoms with Crippen LogP contribution in [0.2, 0.25) is 0 Å². The zero-order valence-corrected chi connectivity index (χ0v) is 12.1. The number of carbonyl (C=O) groups is 1. The summed E-state index contributed by atoms with van der Waals surface area (Å²) in [6.45, 7) is 2.90. The molecule has 1 aromatic rings. The first-order valence-corrected chi connectivity index (χ1v) is 6.88. The van der Waals surface area contributed by atoms with Gasteiger partial charge in [0.2, 0.25) is 5.91 Å². The van der Waals surface area contributed by atoms with Gasteiger partial charge in [-0.1, -0.05) is 6.07 Å². The highest BCUT2D eigenvalue weighted by molar-refractivity contribution is 5.82. The topological polar surface area (TPSA) is 41.6 Å². The van der Waals surface area contributed by atoms with Gasteiger partial charge in [-0.25, -0.2) is 4.39 Å². The smallest absolute Gasteiger partial charge is 0.226 e. The van der Waals surface area contributed by atoms with Gasteiger partial charge in [0, 0.05) is 27.2 Å². The predicted molar refractivity (Wildman–Crippen MR) is 76.1 cm³/mol. The van der Waals surface area contributed by atoms with Crippen molar-refractivity contribution in [1.29, 1.82) is 0 Å². The van der Waals surface area contributed by atoms with Gasteiger partial charge in [-0.05, 0) is 31.0 Å². The second-order valence-corrected chi connectivity index (χ2v) is 5.23. The van der Waals surface area contributed by atoms with E-state index < -0.39 is 0 Å². The van der Waals surface area contributed by atoms with Crippen LogP contribution in [0.15, 0.2) is 18.2 Å². The molecular weight excluding hydrogens is 259 g/mol. The largest absolute Gasteiger partial charge is 0.378 e. The lowest BCUT2D eigenvalue weighted by atomic mass is 10.2. The molecule has 4 nitrogen and oxygen atoms in total. The van der Waals surface area contributed by atoms with Crippen LogP contribution in [-0.4, -0.2) is 32.7 Å². The van der Waals surface area contributed by atoms with Gasteiger partial charge >= 0.3 is 0 Å². The first-order valence-electron chi connectivity index (χ1n) is 6.88. The van der Waals surface area contributed by atoms with Crippen LogP contribution in [0.25, 0.3) is 0 Å². The van der Waals surface area contributed by atoms with E-state index in [0.717, 1.165) is 12.0 Å². The highest BCUT2D eigenvalue weighted by Crippen LogP contribution is 2.33. The van der Waals surface area contributed by atoms with E-state index in [4.69, 9.17) is 4.74 Å². The Hall–Kier alpha value is -1.62. The summed E-state index contributed by atoms with van der Waals surface area (Å²) in [6.07, 6.45) is 0.848. The Labute approximate surface area is 118 Å². The van der Waals surface area contributed by atoms with Gasteiger partial charge in [-0.3, -0.25) is 4.79 Å².